The third-order valence-corrected chi connectivity index (χ3v) is 1.41. The van der Waals surface area contributed by atoms with Gasteiger partial charge < -0.3 is 5.32 Å². The van der Waals surface area contributed by atoms with Gasteiger partial charge in [-0.1, -0.05) is 0 Å². The van der Waals surface area contributed by atoms with Crippen LogP contribution in [0.1, 0.15) is 6.92 Å². The van der Waals surface area contributed by atoms with Gasteiger partial charge in [0.2, 0.25) is 0 Å². The summed E-state index contributed by atoms with van der Waals surface area (Å²) in [6.07, 6.45) is 4.56. The highest BCUT2D eigenvalue weighted by Gasteiger charge is 2.35. The minimum Gasteiger partial charge on any atom is -0.311 e. The van der Waals surface area contributed by atoms with Crippen LogP contribution in [0.4, 0.5) is 0 Å². The van der Waals surface area contributed by atoms with Crippen LogP contribution >= 0.6 is 0 Å². The molecular weight excluding hydrogens is 146 g/mol. The van der Waals surface area contributed by atoms with Gasteiger partial charge in [0.05, 0.1) is 4.92 Å². The molecule has 1 rings (SSSR count). The highest BCUT2D eigenvalue weighted by atomic mass is 16.6. The molecule has 0 spiro atoms. The molecule has 1 atom stereocenters. The Labute approximate surface area is 63.7 Å². The first-order chi connectivity index (χ1) is 5.04. The molecule has 0 bridgehead atoms. The minimum absolute atomic E-state index is 0.569. The van der Waals surface area contributed by atoms with Crippen molar-refractivity contribution in [1.82, 2.24) is 5.32 Å². The number of nitro groups is 1. The van der Waals surface area contributed by atoms with E-state index in [1.54, 1.807) is 13.0 Å². The molecule has 1 aliphatic rings. The normalized spacial score (nSPS) is 29.1. The van der Waals surface area contributed by atoms with Crippen LogP contribution in [0.3, 0.4) is 0 Å². The monoisotopic (exact) mass is 155 g/mol. The molecule has 0 radical (unpaired) electrons. The average molecular weight is 155 g/mol. The summed E-state index contributed by atoms with van der Waals surface area (Å²) in [4.78, 5) is 9.79. The van der Waals surface area contributed by atoms with Crippen LogP contribution in [0, 0.1) is 10.1 Å². The highest BCUT2D eigenvalue weighted by molar-refractivity contribution is 5.23. The number of rotatable bonds is 1. The number of nitrogens with zero attached hydrogens (tertiary/aromatic N) is 1. The van der Waals surface area contributed by atoms with Crippen LogP contribution in [-0.4, -0.2) is 10.7 Å². The molecule has 1 heterocycles. The smallest absolute Gasteiger partial charge is 0.311 e. The Morgan fingerprint density at radius 3 is 2.82 bits per heavy atom. The zero-order valence-electron chi connectivity index (χ0n) is 6.07. The van der Waals surface area contributed by atoms with Gasteiger partial charge in [-0.3, -0.25) is 10.1 Å². The van der Waals surface area contributed by atoms with Gasteiger partial charge >= 0.3 is 5.79 Å². The van der Waals surface area contributed by atoms with Gasteiger partial charge in [-0.25, -0.2) is 5.73 Å². The van der Waals surface area contributed by atoms with E-state index in [4.69, 9.17) is 5.73 Å². The Morgan fingerprint density at radius 1 is 1.82 bits per heavy atom. The summed E-state index contributed by atoms with van der Waals surface area (Å²) in [6.45, 7) is 1.75. The van der Waals surface area contributed by atoms with Gasteiger partial charge in [0.25, 0.3) is 0 Å². The molecule has 60 valence electrons. The number of nitrogens with two attached hydrogens (primary N) is 1. The summed E-state index contributed by atoms with van der Waals surface area (Å²) < 4.78 is 0. The van der Waals surface area contributed by atoms with Gasteiger partial charge in [0.15, 0.2) is 0 Å². The Kier molecular flexibility index (Phi) is 1.66. The van der Waals surface area contributed by atoms with Crippen LogP contribution < -0.4 is 11.1 Å². The van der Waals surface area contributed by atoms with Gasteiger partial charge in [0, 0.05) is 12.3 Å². The van der Waals surface area contributed by atoms with E-state index >= 15 is 0 Å². The first-order valence-corrected chi connectivity index (χ1v) is 3.12. The predicted octanol–water partition coefficient (Wildman–Crippen LogP) is -0.0612. The van der Waals surface area contributed by atoms with Crippen LogP contribution in [0.5, 0.6) is 0 Å². The second kappa shape index (κ2) is 2.35. The third-order valence-electron chi connectivity index (χ3n) is 1.41. The topological polar surface area (TPSA) is 81.2 Å². The maximum Gasteiger partial charge on any atom is 0.370 e. The average Bonchev–Trinajstić information content (AvgIpc) is 1.86. The molecule has 0 saturated carbocycles. The second-order valence-corrected chi connectivity index (χ2v) is 2.45. The summed E-state index contributed by atoms with van der Waals surface area (Å²) in [7, 11) is 0. The van der Waals surface area contributed by atoms with Crippen molar-refractivity contribution in [3.63, 3.8) is 0 Å². The molecule has 0 aromatic heterocycles. The number of nitrogens with one attached hydrogen (secondary N) is 1. The Morgan fingerprint density at radius 2 is 2.45 bits per heavy atom. The van der Waals surface area contributed by atoms with Crippen LogP contribution in [-0.2, 0) is 0 Å². The fourth-order valence-corrected chi connectivity index (χ4v) is 0.849. The van der Waals surface area contributed by atoms with Crippen molar-refractivity contribution in [2.45, 2.75) is 12.7 Å². The van der Waals surface area contributed by atoms with Crippen molar-refractivity contribution in [2.75, 3.05) is 0 Å². The molecule has 3 N–H and O–H groups in total. The molecule has 0 amide bonds. The Hall–Kier alpha value is -1.36. The van der Waals surface area contributed by atoms with Crippen molar-refractivity contribution >= 4 is 0 Å². The van der Waals surface area contributed by atoms with Crippen LogP contribution in [0.15, 0.2) is 23.9 Å². The fourth-order valence-electron chi connectivity index (χ4n) is 0.849. The maximum atomic E-state index is 10.4. The summed E-state index contributed by atoms with van der Waals surface area (Å²) in [5, 5.41) is 12.8. The molecule has 0 aliphatic carbocycles. The van der Waals surface area contributed by atoms with E-state index < -0.39 is 10.7 Å². The minimum atomic E-state index is -1.63. The standard InChI is InChI=1S/C6H9N3O2/c1-5-2-3-8-6(7,4-5)9(10)11/h2-4,8H,7H2,1H3. The first kappa shape index (κ1) is 7.74. The molecule has 0 saturated heterocycles. The van der Waals surface area contributed by atoms with E-state index in [1.165, 1.54) is 12.3 Å². The van der Waals surface area contributed by atoms with Crippen LogP contribution in [0.2, 0.25) is 0 Å². The number of hydrogen-bond donors (Lipinski definition) is 2. The largest absolute Gasteiger partial charge is 0.370 e. The Bertz CT molecular complexity index is 246. The summed E-state index contributed by atoms with van der Waals surface area (Å²) in [6, 6.07) is 0. The lowest BCUT2D eigenvalue weighted by Crippen LogP contribution is -2.57. The molecule has 0 aromatic rings. The lowest BCUT2D eigenvalue weighted by molar-refractivity contribution is -0.560. The SMILES string of the molecule is CC1=CC(N)([N+](=O)[O-])NC=C1. The zero-order valence-corrected chi connectivity index (χ0v) is 6.07. The van der Waals surface area contributed by atoms with E-state index in [1.807, 2.05) is 0 Å². The zero-order chi connectivity index (χ0) is 8.48. The molecular formula is C6H9N3O2. The molecule has 5 heteroatoms. The van der Waals surface area contributed by atoms with E-state index in [9.17, 15) is 10.1 Å². The van der Waals surface area contributed by atoms with Gasteiger partial charge in [0.1, 0.15) is 0 Å². The summed E-state index contributed by atoms with van der Waals surface area (Å²) in [5.41, 5.74) is 6.13. The first-order valence-electron chi connectivity index (χ1n) is 3.12. The molecule has 0 fully saturated rings. The molecule has 0 aromatic carbocycles. The number of dihydropyridines is 1. The molecule has 1 aliphatic heterocycles. The van der Waals surface area contributed by atoms with E-state index in [2.05, 4.69) is 5.32 Å². The Balaban J connectivity index is 2.92. The van der Waals surface area contributed by atoms with Crippen LogP contribution in [0.25, 0.3) is 0 Å². The van der Waals surface area contributed by atoms with Gasteiger partial charge in [-0.2, -0.15) is 0 Å². The second-order valence-electron chi connectivity index (χ2n) is 2.45. The predicted molar refractivity (Wildman–Crippen MR) is 39.9 cm³/mol. The van der Waals surface area contributed by atoms with Crippen molar-refractivity contribution in [2.24, 2.45) is 5.73 Å². The van der Waals surface area contributed by atoms with E-state index in [0.717, 1.165) is 5.57 Å². The highest BCUT2D eigenvalue weighted by Crippen LogP contribution is 2.09. The van der Waals surface area contributed by atoms with Crippen molar-refractivity contribution in [1.29, 1.82) is 0 Å². The molecule has 5 nitrogen and oxygen atoms in total. The maximum absolute atomic E-state index is 10.4. The van der Waals surface area contributed by atoms with Crippen molar-refractivity contribution < 1.29 is 4.92 Å². The number of hydrogen-bond acceptors (Lipinski definition) is 4. The molecule has 1 unspecified atom stereocenters. The summed E-state index contributed by atoms with van der Waals surface area (Å²) >= 11 is 0. The van der Waals surface area contributed by atoms with Gasteiger partial charge in [-0.05, 0) is 18.6 Å². The third kappa shape index (κ3) is 1.38. The quantitative estimate of drug-likeness (QED) is 0.316. The van der Waals surface area contributed by atoms with Crippen molar-refractivity contribution in [3.05, 3.63) is 34.0 Å². The lowest BCUT2D eigenvalue weighted by atomic mass is 10.1. The number of allylic oxidation sites excluding steroid dienone is 2. The summed E-state index contributed by atoms with van der Waals surface area (Å²) in [5.74, 6) is -1.63. The van der Waals surface area contributed by atoms with E-state index in [-0.39, 0.29) is 0 Å². The van der Waals surface area contributed by atoms with Crippen molar-refractivity contribution in [3.8, 4) is 0 Å². The van der Waals surface area contributed by atoms with E-state index in [0.29, 0.717) is 0 Å². The molecule has 11 heavy (non-hydrogen) atoms. The van der Waals surface area contributed by atoms with Gasteiger partial charge in [-0.15, -0.1) is 0 Å². The lowest BCUT2D eigenvalue weighted by Gasteiger charge is -2.19. The fraction of sp³-hybridized carbons (Fsp3) is 0.333.